The molecule has 2 aliphatic heterocycles. The number of carbonyl (C=O) groups excluding carboxylic acids is 1. The van der Waals surface area contributed by atoms with Crippen molar-refractivity contribution >= 4 is 6.03 Å². The molecule has 7 nitrogen and oxygen atoms in total. The molecule has 1 N–H and O–H groups in total. The first kappa shape index (κ1) is 19.7. The molecule has 0 aromatic carbocycles. The molecule has 1 atom stereocenters. The van der Waals surface area contributed by atoms with Crippen LogP contribution in [0.15, 0.2) is 17.2 Å². The van der Waals surface area contributed by atoms with Crippen LogP contribution in [-0.2, 0) is 17.5 Å². The second-order valence-corrected chi connectivity index (χ2v) is 7.01. The molecule has 150 valence electrons. The van der Waals surface area contributed by atoms with E-state index in [1.54, 1.807) is 4.90 Å². The molecule has 27 heavy (non-hydrogen) atoms. The Bertz CT molecular complexity index is 708. The van der Waals surface area contributed by atoms with Gasteiger partial charge < -0.3 is 15.0 Å². The summed E-state index contributed by atoms with van der Waals surface area (Å²) >= 11 is 0. The lowest BCUT2D eigenvalue weighted by Gasteiger charge is -2.32. The zero-order valence-electron chi connectivity index (χ0n) is 14.9. The fraction of sp³-hybridized carbons (Fsp3) is 0.706. The van der Waals surface area contributed by atoms with Crippen molar-refractivity contribution < 1.29 is 22.7 Å². The number of halogens is 3. The quantitative estimate of drug-likeness (QED) is 0.854. The normalized spacial score (nSPS) is 21.4. The predicted octanol–water partition coefficient (Wildman–Crippen LogP) is 1.86. The van der Waals surface area contributed by atoms with Gasteiger partial charge in [-0.25, -0.2) is 9.78 Å². The Labute approximate surface area is 154 Å². The number of ether oxygens (including phenoxy) is 1. The average molecular weight is 388 g/mol. The molecule has 0 saturated carbocycles. The predicted molar refractivity (Wildman–Crippen MR) is 90.2 cm³/mol. The Morgan fingerprint density at radius 1 is 1.30 bits per heavy atom. The van der Waals surface area contributed by atoms with E-state index < -0.39 is 17.4 Å². The second kappa shape index (κ2) is 8.28. The van der Waals surface area contributed by atoms with Crippen molar-refractivity contribution in [3.05, 3.63) is 28.4 Å². The van der Waals surface area contributed by atoms with Crippen LogP contribution >= 0.6 is 0 Å². The van der Waals surface area contributed by atoms with E-state index in [0.717, 1.165) is 25.8 Å². The van der Waals surface area contributed by atoms with E-state index in [1.165, 1.54) is 4.57 Å². The van der Waals surface area contributed by atoms with Crippen LogP contribution in [0.2, 0.25) is 0 Å². The first-order valence-electron chi connectivity index (χ1n) is 9.11. The molecular formula is C17H23F3N4O3. The summed E-state index contributed by atoms with van der Waals surface area (Å²) < 4.78 is 44.4. The minimum Gasteiger partial charge on any atom is -0.376 e. The number of alkyl halides is 3. The molecule has 0 radical (unpaired) electrons. The van der Waals surface area contributed by atoms with Crippen molar-refractivity contribution in [2.24, 2.45) is 5.92 Å². The highest BCUT2D eigenvalue weighted by Crippen LogP contribution is 2.26. The van der Waals surface area contributed by atoms with Crippen LogP contribution in [0, 0.1) is 5.92 Å². The maximum atomic E-state index is 12.6. The van der Waals surface area contributed by atoms with Gasteiger partial charge >= 0.3 is 12.2 Å². The van der Waals surface area contributed by atoms with Crippen molar-refractivity contribution in [2.45, 2.75) is 44.5 Å². The number of carbonyl (C=O) groups is 1. The Kier molecular flexibility index (Phi) is 6.03. The van der Waals surface area contributed by atoms with Gasteiger partial charge in [0.15, 0.2) is 5.69 Å². The average Bonchev–Trinajstić information content (AvgIpc) is 3.15. The molecule has 2 saturated heterocycles. The number of hydrogen-bond acceptors (Lipinski definition) is 4. The maximum Gasteiger partial charge on any atom is 0.433 e. The molecular weight excluding hydrogens is 365 g/mol. The van der Waals surface area contributed by atoms with Crippen molar-refractivity contribution in [1.29, 1.82) is 0 Å². The molecule has 3 heterocycles. The lowest BCUT2D eigenvalue weighted by Crippen LogP contribution is -2.46. The number of amides is 2. The SMILES string of the molecule is O=C(NCC1CCCO1)N1CCC(Cn2cnc(C(F)(F)F)cc2=O)CC1. The molecule has 10 heteroatoms. The molecule has 1 unspecified atom stereocenters. The monoisotopic (exact) mass is 388 g/mol. The summed E-state index contributed by atoms with van der Waals surface area (Å²) in [6, 6.07) is 0.394. The van der Waals surface area contributed by atoms with E-state index in [4.69, 9.17) is 4.74 Å². The van der Waals surface area contributed by atoms with E-state index in [1.807, 2.05) is 0 Å². The van der Waals surface area contributed by atoms with Crippen LogP contribution in [0.4, 0.5) is 18.0 Å². The number of hydrogen-bond donors (Lipinski definition) is 1. The van der Waals surface area contributed by atoms with Crippen molar-refractivity contribution in [3.63, 3.8) is 0 Å². The number of urea groups is 1. The van der Waals surface area contributed by atoms with E-state index >= 15 is 0 Å². The number of piperidine rings is 1. The van der Waals surface area contributed by atoms with Gasteiger partial charge in [0.1, 0.15) is 0 Å². The number of nitrogens with one attached hydrogen (secondary N) is 1. The summed E-state index contributed by atoms with van der Waals surface area (Å²) in [5, 5.41) is 2.88. The third-order valence-corrected chi connectivity index (χ3v) is 5.03. The van der Waals surface area contributed by atoms with Gasteiger partial charge in [0.2, 0.25) is 0 Å². The second-order valence-electron chi connectivity index (χ2n) is 7.01. The highest BCUT2D eigenvalue weighted by Gasteiger charge is 2.33. The van der Waals surface area contributed by atoms with Gasteiger partial charge in [0.25, 0.3) is 5.56 Å². The van der Waals surface area contributed by atoms with Crippen LogP contribution in [0.25, 0.3) is 0 Å². The third kappa shape index (κ3) is 5.21. The maximum absolute atomic E-state index is 12.6. The molecule has 1 aromatic rings. The molecule has 0 spiro atoms. The molecule has 0 aliphatic carbocycles. The van der Waals surface area contributed by atoms with Crippen LogP contribution in [0.1, 0.15) is 31.4 Å². The van der Waals surface area contributed by atoms with E-state index in [2.05, 4.69) is 10.3 Å². The topological polar surface area (TPSA) is 76.5 Å². The number of aromatic nitrogens is 2. The first-order valence-corrected chi connectivity index (χ1v) is 9.11. The third-order valence-electron chi connectivity index (χ3n) is 5.03. The zero-order chi connectivity index (χ0) is 19.4. The number of likely N-dealkylation sites (tertiary alicyclic amines) is 1. The smallest absolute Gasteiger partial charge is 0.376 e. The van der Waals surface area contributed by atoms with Gasteiger partial charge in [0.05, 0.1) is 12.4 Å². The summed E-state index contributed by atoms with van der Waals surface area (Å²) in [6.07, 6.45) is -0.249. The first-order chi connectivity index (χ1) is 12.8. The van der Waals surface area contributed by atoms with Crippen molar-refractivity contribution in [3.8, 4) is 0 Å². The number of rotatable bonds is 4. The largest absolute Gasteiger partial charge is 0.433 e. The Hall–Kier alpha value is -2.10. The van der Waals surface area contributed by atoms with Gasteiger partial charge in [0, 0.05) is 38.9 Å². The Morgan fingerprint density at radius 2 is 2.04 bits per heavy atom. The van der Waals surface area contributed by atoms with Crippen molar-refractivity contribution in [2.75, 3.05) is 26.2 Å². The van der Waals surface area contributed by atoms with Crippen LogP contribution in [0.3, 0.4) is 0 Å². The highest BCUT2D eigenvalue weighted by atomic mass is 19.4. The van der Waals surface area contributed by atoms with Crippen LogP contribution < -0.4 is 10.9 Å². The van der Waals surface area contributed by atoms with Gasteiger partial charge in [-0.2, -0.15) is 13.2 Å². The Morgan fingerprint density at radius 3 is 2.63 bits per heavy atom. The summed E-state index contributed by atoms with van der Waals surface area (Å²) in [6.45, 7) is 2.64. The number of nitrogens with zero attached hydrogens (tertiary/aromatic N) is 3. The summed E-state index contributed by atoms with van der Waals surface area (Å²) in [4.78, 5) is 29.1. The molecule has 2 aliphatic rings. The molecule has 2 fully saturated rings. The summed E-state index contributed by atoms with van der Waals surface area (Å²) in [7, 11) is 0. The van der Waals surface area contributed by atoms with Crippen molar-refractivity contribution in [1.82, 2.24) is 19.8 Å². The Balaban J connectivity index is 1.46. The van der Waals surface area contributed by atoms with Gasteiger partial charge in [-0.3, -0.25) is 9.36 Å². The summed E-state index contributed by atoms with van der Waals surface area (Å²) in [5.41, 5.74) is -1.89. The highest BCUT2D eigenvalue weighted by molar-refractivity contribution is 5.74. The van der Waals surface area contributed by atoms with Gasteiger partial charge in [-0.1, -0.05) is 0 Å². The molecule has 1 aromatic heterocycles. The lowest BCUT2D eigenvalue weighted by atomic mass is 9.97. The molecule has 2 amide bonds. The molecule has 0 bridgehead atoms. The van der Waals surface area contributed by atoms with Crippen LogP contribution in [0.5, 0.6) is 0 Å². The molecule has 3 rings (SSSR count). The minimum absolute atomic E-state index is 0.0885. The van der Waals surface area contributed by atoms with Crippen LogP contribution in [-0.4, -0.2) is 52.8 Å². The van der Waals surface area contributed by atoms with Gasteiger partial charge in [-0.15, -0.1) is 0 Å². The fourth-order valence-corrected chi connectivity index (χ4v) is 3.43. The summed E-state index contributed by atoms with van der Waals surface area (Å²) in [5.74, 6) is 0.114. The zero-order valence-corrected chi connectivity index (χ0v) is 14.9. The van der Waals surface area contributed by atoms with Gasteiger partial charge in [-0.05, 0) is 31.6 Å². The van der Waals surface area contributed by atoms with E-state index in [9.17, 15) is 22.8 Å². The lowest BCUT2D eigenvalue weighted by molar-refractivity contribution is -0.141. The fourth-order valence-electron chi connectivity index (χ4n) is 3.43. The minimum atomic E-state index is -4.62. The van der Waals surface area contributed by atoms with E-state index in [-0.39, 0.29) is 18.1 Å². The van der Waals surface area contributed by atoms with E-state index in [0.29, 0.717) is 45.1 Å². The standard InChI is InChI=1S/C17H23F3N4O3/c18-17(19,20)14-8-15(25)24(11-22-14)10-12-3-5-23(6-4-12)16(26)21-9-13-2-1-7-27-13/h8,11-13H,1-7,9-10H2,(H,21,26).